The molecule has 1 saturated carbocycles. The van der Waals surface area contributed by atoms with Gasteiger partial charge in [-0.3, -0.25) is 4.79 Å². The molecular formula is C9H12ClNO2. The van der Waals surface area contributed by atoms with E-state index in [0.717, 1.165) is 18.3 Å². The first-order valence-corrected chi connectivity index (χ1v) is 5.34. The number of fused-ring (bicyclic) bond motifs is 5. The van der Waals surface area contributed by atoms with Gasteiger partial charge in [0.15, 0.2) is 0 Å². The maximum absolute atomic E-state index is 11.1. The first-order valence-electron chi connectivity index (χ1n) is 4.80. The molecule has 1 N–H and O–H groups in total. The highest BCUT2D eigenvalue weighted by atomic mass is 35.5. The summed E-state index contributed by atoms with van der Waals surface area (Å²) in [6.07, 6.45) is 3.02. The smallest absolute Gasteiger partial charge is 0.235 e. The summed E-state index contributed by atoms with van der Waals surface area (Å²) >= 11 is 5.43. The zero-order valence-electron chi connectivity index (χ0n) is 7.20. The molecule has 0 aromatic carbocycles. The Kier molecular flexibility index (Phi) is 1.62. The number of hydrogen-bond acceptors (Lipinski definition) is 2. The van der Waals surface area contributed by atoms with Gasteiger partial charge >= 0.3 is 0 Å². The monoisotopic (exact) mass is 201 g/mol. The van der Waals surface area contributed by atoms with Crippen LogP contribution in [0.25, 0.3) is 0 Å². The lowest BCUT2D eigenvalue weighted by Crippen LogP contribution is -2.42. The van der Waals surface area contributed by atoms with Crippen molar-refractivity contribution in [1.29, 1.82) is 0 Å². The van der Waals surface area contributed by atoms with E-state index < -0.39 is 0 Å². The maximum atomic E-state index is 11.1. The van der Waals surface area contributed by atoms with E-state index in [1.165, 1.54) is 6.42 Å². The number of carbonyl (C=O) groups excluding carboxylic acids is 1. The number of alkyl halides is 1. The normalized spacial score (nSPS) is 50.4. The minimum Gasteiger partial charge on any atom is -0.372 e. The van der Waals surface area contributed by atoms with Crippen molar-refractivity contribution in [3.05, 3.63) is 0 Å². The second-order valence-corrected chi connectivity index (χ2v) is 4.51. The van der Waals surface area contributed by atoms with E-state index in [0.29, 0.717) is 12.2 Å². The number of amides is 1. The Labute approximate surface area is 81.8 Å². The molecule has 3 fully saturated rings. The van der Waals surface area contributed by atoms with E-state index >= 15 is 0 Å². The molecular weight excluding hydrogens is 190 g/mol. The zero-order valence-corrected chi connectivity index (χ0v) is 7.96. The molecule has 3 aliphatic rings. The van der Waals surface area contributed by atoms with Gasteiger partial charge in [0.25, 0.3) is 0 Å². The molecule has 0 radical (unpaired) electrons. The molecule has 72 valence electrons. The number of ether oxygens (including phenoxy) is 1. The van der Waals surface area contributed by atoms with Crippen LogP contribution >= 0.6 is 11.6 Å². The third-order valence-corrected chi connectivity index (χ3v) is 3.72. The molecule has 13 heavy (non-hydrogen) atoms. The van der Waals surface area contributed by atoms with Crippen molar-refractivity contribution in [2.45, 2.75) is 31.1 Å². The van der Waals surface area contributed by atoms with Gasteiger partial charge in [0, 0.05) is 0 Å². The Balaban J connectivity index is 1.65. The van der Waals surface area contributed by atoms with Crippen LogP contribution in [0.15, 0.2) is 0 Å². The molecule has 2 saturated heterocycles. The van der Waals surface area contributed by atoms with E-state index in [4.69, 9.17) is 16.3 Å². The topological polar surface area (TPSA) is 38.3 Å². The minimum atomic E-state index is -0.0694. The summed E-state index contributed by atoms with van der Waals surface area (Å²) in [5.41, 5.74) is 0. The van der Waals surface area contributed by atoms with Crippen molar-refractivity contribution in [1.82, 2.24) is 5.32 Å². The lowest BCUT2D eigenvalue weighted by molar-refractivity contribution is -0.119. The molecule has 0 aromatic rings. The van der Waals surface area contributed by atoms with Crippen molar-refractivity contribution in [3.8, 4) is 0 Å². The summed E-state index contributed by atoms with van der Waals surface area (Å²) in [6, 6.07) is 0.236. The van der Waals surface area contributed by atoms with Gasteiger partial charge in [0.1, 0.15) is 5.88 Å². The van der Waals surface area contributed by atoms with E-state index in [1.807, 2.05) is 0 Å². The van der Waals surface area contributed by atoms with Crippen LogP contribution < -0.4 is 5.32 Å². The van der Waals surface area contributed by atoms with Crippen LogP contribution in [0, 0.1) is 11.8 Å². The van der Waals surface area contributed by atoms with Crippen LogP contribution in [0.3, 0.4) is 0 Å². The molecule has 5 atom stereocenters. The van der Waals surface area contributed by atoms with Gasteiger partial charge in [0.2, 0.25) is 5.91 Å². The van der Waals surface area contributed by atoms with Crippen LogP contribution in [0.5, 0.6) is 0 Å². The fourth-order valence-corrected chi connectivity index (χ4v) is 2.92. The van der Waals surface area contributed by atoms with Gasteiger partial charge in [-0.05, 0) is 24.7 Å². The fourth-order valence-electron chi connectivity index (χ4n) is 2.84. The molecule has 0 aromatic heterocycles. The Morgan fingerprint density at radius 1 is 1.46 bits per heavy atom. The van der Waals surface area contributed by atoms with Gasteiger partial charge in [-0.25, -0.2) is 0 Å². The lowest BCUT2D eigenvalue weighted by atomic mass is 9.95. The highest BCUT2D eigenvalue weighted by Gasteiger charge is 2.62. The highest BCUT2D eigenvalue weighted by molar-refractivity contribution is 6.27. The van der Waals surface area contributed by atoms with Crippen LogP contribution in [0.4, 0.5) is 0 Å². The van der Waals surface area contributed by atoms with E-state index in [-0.39, 0.29) is 17.8 Å². The Morgan fingerprint density at radius 3 is 2.92 bits per heavy atom. The zero-order chi connectivity index (χ0) is 9.00. The van der Waals surface area contributed by atoms with Crippen LogP contribution in [-0.4, -0.2) is 30.0 Å². The van der Waals surface area contributed by atoms with E-state index in [2.05, 4.69) is 5.32 Å². The largest absolute Gasteiger partial charge is 0.372 e. The summed E-state index contributed by atoms with van der Waals surface area (Å²) < 4.78 is 5.73. The highest BCUT2D eigenvalue weighted by Crippen LogP contribution is 2.58. The summed E-state index contributed by atoms with van der Waals surface area (Å²) in [5, 5.41) is 2.92. The number of hydrogen-bond donors (Lipinski definition) is 1. The number of carbonyl (C=O) groups is 1. The number of halogens is 1. The summed E-state index contributed by atoms with van der Waals surface area (Å²) in [4.78, 5) is 11.1. The van der Waals surface area contributed by atoms with Crippen molar-refractivity contribution in [2.24, 2.45) is 11.8 Å². The number of nitrogens with one attached hydrogen (secondary N) is 1. The lowest BCUT2D eigenvalue weighted by Gasteiger charge is -2.19. The standard InChI is InChI=1S/C9H12ClNO2/c10-3-8(12)11-6-2-7-4-1-5(4)9(6)13-7/h4-7,9H,1-3H2,(H,11,12). The SMILES string of the molecule is O=C(CCl)NC1CC2OC1C1CC21. The molecule has 2 heterocycles. The molecule has 2 bridgehead atoms. The van der Waals surface area contributed by atoms with Gasteiger partial charge < -0.3 is 10.1 Å². The van der Waals surface area contributed by atoms with Crippen molar-refractivity contribution >= 4 is 17.5 Å². The summed E-state index contributed by atoms with van der Waals surface area (Å²) in [5.74, 6) is 1.54. The Hall–Kier alpha value is -0.280. The summed E-state index contributed by atoms with van der Waals surface area (Å²) in [6.45, 7) is 0. The van der Waals surface area contributed by atoms with Crippen molar-refractivity contribution in [3.63, 3.8) is 0 Å². The second-order valence-electron chi connectivity index (χ2n) is 4.25. The van der Waals surface area contributed by atoms with Gasteiger partial charge in [0.05, 0.1) is 18.2 Å². The van der Waals surface area contributed by atoms with Crippen LogP contribution in [0.2, 0.25) is 0 Å². The molecule has 2 aliphatic heterocycles. The van der Waals surface area contributed by atoms with Crippen molar-refractivity contribution in [2.75, 3.05) is 5.88 Å². The van der Waals surface area contributed by atoms with Gasteiger partial charge in [-0.15, -0.1) is 11.6 Å². The second kappa shape index (κ2) is 2.61. The average Bonchev–Trinajstić information content (AvgIpc) is 2.76. The Bertz CT molecular complexity index is 258. The van der Waals surface area contributed by atoms with E-state index in [9.17, 15) is 4.79 Å². The third-order valence-electron chi connectivity index (χ3n) is 3.47. The molecule has 0 spiro atoms. The summed E-state index contributed by atoms with van der Waals surface area (Å²) in [7, 11) is 0. The van der Waals surface area contributed by atoms with Crippen molar-refractivity contribution < 1.29 is 9.53 Å². The van der Waals surface area contributed by atoms with E-state index in [1.54, 1.807) is 0 Å². The Morgan fingerprint density at radius 2 is 2.31 bits per heavy atom. The molecule has 4 heteroatoms. The number of rotatable bonds is 2. The molecule has 1 amide bonds. The quantitative estimate of drug-likeness (QED) is 0.662. The molecule has 3 rings (SSSR count). The maximum Gasteiger partial charge on any atom is 0.235 e. The molecule has 1 aliphatic carbocycles. The first-order chi connectivity index (χ1) is 6.29. The molecule has 5 unspecified atom stereocenters. The first kappa shape index (κ1) is 8.06. The van der Waals surface area contributed by atoms with Crippen LogP contribution in [0.1, 0.15) is 12.8 Å². The van der Waals surface area contributed by atoms with Crippen LogP contribution in [-0.2, 0) is 9.53 Å². The average molecular weight is 202 g/mol. The predicted octanol–water partition coefficient (Wildman–Crippen LogP) is 0.517. The van der Waals surface area contributed by atoms with Gasteiger partial charge in [-0.2, -0.15) is 0 Å². The third kappa shape index (κ3) is 1.10. The minimum absolute atomic E-state index is 0.0575. The predicted molar refractivity (Wildman–Crippen MR) is 47.5 cm³/mol. The molecule has 3 nitrogen and oxygen atoms in total. The van der Waals surface area contributed by atoms with Gasteiger partial charge in [-0.1, -0.05) is 0 Å². The fraction of sp³-hybridized carbons (Fsp3) is 0.889.